The largest absolute Gasteiger partial charge is 0.235 e. The summed E-state index contributed by atoms with van der Waals surface area (Å²) in [7, 11) is 0. The predicted molar refractivity (Wildman–Crippen MR) is 69.9 cm³/mol. The molecule has 0 bridgehead atoms. The summed E-state index contributed by atoms with van der Waals surface area (Å²) in [6.07, 6.45) is 4.42. The van der Waals surface area contributed by atoms with Gasteiger partial charge in [-0.1, -0.05) is 11.6 Å². The molecule has 0 fully saturated rings. The van der Waals surface area contributed by atoms with Gasteiger partial charge in [-0.25, -0.2) is 9.07 Å². The topological polar surface area (TPSA) is 17.8 Å². The summed E-state index contributed by atoms with van der Waals surface area (Å²) in [6.45, 7) is 2.01. The van der Waals surface area contributed by atoms with E-state index >= 15 is 0 Å². The van der Waals surface area contributed by atoms with Crippen molar-refractivity contribution in [2.45, 2.75) is 32.6 Å². The highest BCUT2D eigenvalue weighted by Gasteiger charge is 2.19. The highest BCUT2D eigenvalue weighted by Crippen LogP contribution is 2.27. The zero-order valence-corrected chi connectivity index (χ0v) is 11.0. The van der Waals surface area contributed by atoms with Crippen molar-refractivity contribution in [1.82, 2.24) is 9.78 Å². The number of nitrogens with zero attached hydrogens (tertiary/aromatic N) is 2. The second-order valence-corrected chi connectivity index (χ2v) is 5.16. The number of hydrogen-bond donors (Lipinski definition) is 0. The van der Waals surface area contributed by atoms with Gasteiger partial charge in [0.15, 0.2) is 0 Å². The molecule has 1 heterocycles. The molecule has 0 N–H and O–H groups in total. The molecular weight excluding hydrogens is 251 g/mol. The molecule has 1 aromatic heterocycles. The first-order chi connectivity index (χ1) is 8.66. The molecule has 94 valence electrons. The van der Waals surface area contributed by atoms with Crippen LogP contribution in [0.4, 0.5) is 4.39 Å². The Kier molecular flexibility index (Phi) is 2.86. The first-order valence-corrected chi connectivity index (χ1v) is 6.57. The van der Waals surface area contributed by atoms with Crippen molar-refractivity contribution in [3.05, 3.63) is 46.0 Å². The molecule has 0 unspecified atom stereocenters. The van der Waals surface area contributed by atoms with Gasteiger partial charge in [0.1, 0.15) is 11.5 Å². The van der Waals surface area contributed by atoms with Crippen molar-refractivity contribution < 1.29 is 4.39 Å². The van der Waals surface area contributed by atoms with Gasteiger partial charge in [-0.15, -0.1) is 0 Å². The molecule has 18 heavy (non-hydrogen) atoms. The molecule has 0 aliphatic heterocycles. The van der Waals surface area contributed by atoms with Crippen molar-refractivity contribution in [3.63, 3.8) is 0 Å². The molecule has 0 radical (unpaired) electrons. The lowest BCUT2D eigenvalue weighted by Gasteiger charge is -2.09. The van der Waals surface area contributed by atoms with E-state index in [-0.39, 0.29) is 5.82 Å². The van der Waals surface area contributed by atoms with Crippen LogP contribution in [0, 0.1) is 12.7 Å². The smallest absolute Gasteiger partial charge is 0.150 e. The Morgan fingerprint density at radius 1 is 1.28 bits per heavy atom. The molecule has 0 atom stereocenters. The van der Waals surface area contributed by atoms with E-state index in [0.29, 0.717) is 10.7 Å². The van der Waals surface area contributed by atoms with Crippen LogP contribution in [0.2, 0.25) is 5.02 Å². The third kappa shape index (κ3) is 1.83. The van der Waals surface area contributed by atoms with Gasteiger partial charge in [-0.3, -0.25) is 0 Å². The third-order valence-electron chi connectivity index (χ3n) is 3.55. The summed E-state index contributed by atoms with van der Waals surface area (Å²) < 4.78 is 15.6. The number of aromatic nitrogens is 2. The number of halogens is 2. The van der Waals surface area contributed by atoms with Gasteiger partial charge in [-0.2, -0.15) is 5.10 Å². The Morgan fingerprint density at radius 3 is 2.78 bits per heavy atom. The van der Waals surface area contributed by atoms with Crippen LogP contribution < -0.4 is 0 Å². The van der Waals surface area contributed by atoms with Gasteiger partial charge in [0.05, 0.1) is 5.69 Å². The van der Waals surface area contributed by atoms with Crippen molar-refractivity contribution in [1.29, 1.82) is 0 Å². The summed E-state index contributed by atoms with van der Waals surface area (Å²) >= 11 is 5.78. The molecule has 0 saturated carbocycles. The number of benzene rings is 1. The average Bonchev–Trinajstić information content (AvgIpc) is 2.68. The van der Waals surface area contributed by atoms with E-state index in [1.54, 1.807) is 16.8 Å². The molecule has 4 heteroatoms. The van der Waals surface area contributed by atoms with E-state index in [0.717, 1.165) is 24.2 Å². The lowest BCUT2D eigenvalue weighted by molar-refractivity contribution is 0.607. The summed E-state index contributed by atoms with van der Waals surface area (Å²) in [5.74, 6) is -0.328. The maximum absolute atomic E-state index is 13.9. The zero-order chi connectivity index (χ0) is 12.7. The van der Waals surface area contributed by atoms with Crippen LogP contribution in [0.5, 0.6) is 0 Å². The first-order valence-electron chi connectivity index (χ1n) is 6.19. The fourth-order valence-corrected chi connectivity index (χ4v) is 2.76. The van der Waals surface area contributed by atoms with E-state index in [2.05, 4.69) is 5.10 Å². The highest BCUT2D eigenvalue weighted by molar-refractivity contribution is 6.30. The van der Waals surface area contributed by atoms with Gasteiger partial charge >= 0.3 is 0 Å². The number of aryl methyl sites for hydroxylation is 1. The summed E-state index contributed by atoms with van der Waals surface area (Å²) in [5.41, 5.74) is 3.93. The molecule has 1 aliphatic carbocycles. The van der Waals surface area contributed by atoms with Crippen LogP contribution in [0.1, 0.15) is 29.8 Å². The van der Waals surface area contributed by atoms with Gasteiger partial charge in [0.25, 0.3) is 0 Å². The van der Waals surface area contributed by atoms with E-state index in [4.69, 9.17) is 11.6 Å². The second kappa shape index (κ2) is 4.39. The normalized spacial score (nSPS) is 14.6. The van der Waals surface area contributed by atoms with Crippen LogP contribution in [-0.2, 0) is 12.8 Å². The van der Waals surface area contributed by atoms with Crippen molar-refractivity contribution in [3.8, 4) is 5.69 Å². The van der Waals surface area contributed by atoms with Gasteiger partial charge < -0.3 is 0 Å². The highest BCUT2D eigenvalue weighted by atomic mass is 35.5. The maximum Gasteiger partial charge on any atom is 0.150 e. The maximum atomic E-state index is 13.9. The SMILES string of the molecule is Cc1c2c(nn1-c1ccc(Cl)cc1F)CCCC2. The molecule has 0 spiro atoms. The Balaban J connectivity index is 2.14. The molecule has 1 aliphatic rings. The minimum absolute atomic E-state index is 0.328. The van der Waals surface area contributed by atoms with E-state index in [1.807, 2.05) is 6.92 Å². The molecular formula is C14H14ClFN2. The summed E-state index contributed by atoms with van der Waals surface area (Å²) in [4.78, 5) is 0. The fraction of sp³-hybridized carbons (Fsp3) is 0.357. The molecule has 3 rings (SSSR count). The van der Waals surface area contributed by atoms with E-state index in [9.17, 15) is 4.39 Å². The Labute approximate surface area is 110 Å². The van der Waals surface area contributed by atoms with E-state index in [1.165, 1.54) is 24.5 Å². The Bertz CT molecular complexity index is 604. The predicted octanol–water partition coefficient (Wildman–Crippen LogP) is 3.85. The van der Waals surface area contributed by atoms with Gasteiger partial charge in [0, 0.05) is 10.7 Å². The van der Waals surface area contributed by atoms with Crippen LogP contribution in [0.3, 0.4) is 0 Å². The quantitative estimate of drug-likeness (QED) is 0.765. The lowest BCUT2D eigenvalue weighted by atomic mass is 9.96. The number of fused-ring (bicyclic) bond motifs is 1. The molecule has 2 aromatic rings. The molecule has 1 aromatic carbocycles. The lowest BCUT2D eigenvalue weighted by Crippen LogP contribution is -2.02. The van der Waals surface area contributed by atoms with Crippen LogP contribution in [0.15, 0.2) is 18.2 Å². The molecule has 0 saturated heterocycles. The minimum Gasteiger partial charge on any atom is -0.235 e. The second-order valence-electron chi connectivity index (χ2n) is 4.73. The van der Waals surface area contributed by atoms with Crippen LogP contribution in [0.25, 0.3) is 5.69 Å². The van der Waals surface area contributed by atoms with Crippen LogP contribution >= 0.6 is 11.6 Å². The van der Waals surface area contributed by atoms with Crippen LogP contribution in [-0.4, -0.2) is 9.78 Å². The van der Waals surface area contributed by atoms with Crippen molar-refractivity contribution in [2.75, 3.05) is 0 Å². The minimum atomic E-state index is -0.328. The Hall–Kier alpha value is -1.35. The Morgan fingerprint density at radius 2 is 2.06 bits per heavy atom. The first kappa shape index (κ1) is 11.7. The van der Waals surface area contributed by atoms with Crippen molar-refractivity contribution in [2.24, 2.45) is 0 Å². The van der Waals surface area contributed by atoms with E-state index < -0.39 is 0 Å². The number of hydrogen-bond acceptors (Lipinski definition) is 1. The average molecular weight is 265 g/mol. The monoisotopic (exact) mass is 264 g/mol. The van der Waals surface area contributed by atoms with Gasteiger partial charge in [0.2, 0.25) is 0 Å². The standard InChI is InChI=1S/C14H14ClFN2/c1-9-11-4-2-3-5-13(11)17-18(9)14-7-6-10(15)8-12(14)16/h6-8H,2-5H2,1H3. The van der Waals surface area contributed by atoms with Crippen molar-refractivity contribution >= 4 is 11.6 Å². The zero-order valence-electron chi connectivity index (χ0n) is 10.2. The third-order valence-corrected chi connectivity index (χ3v) is 3.79. The van der Waals surface area contributed by atoms with Gasteiger partial charge in [-0.05, 0) is 56.4 Å². The number of rotatable bonds is 1. The summed E-state index contributed by atoms with van der Waals surface area (Å²) in [6, 6.07) is 4.71. The molecule has 0 amide bonds. The summed E-state index contributed by atoms with van der Waals surface area (Å²) in [5, 5.41) is 4.95. The molecule has 2 nitrogen and oxygen atoms in total. The fourth-order valence-electron chi connectivity index (χ4n) is 2.60.